The highest BCUT2D eigenvalue weighted by Gasteiger charge is 2.47. The van der Waals surface area contributed by atoms with E-state index >= 15 is 0 Å². The lowest BCUT2D eigenvalue weighted by Crippen LogP contribution is -2.60. The topological polar surface area (TPSA) is 19.7 Å². The summed E-state index contributed by atoms with van der Waals surface area (Å²) >= 11 is 0. The van der Waals surface area contributed by atoms with Crippen molar-refractivity contribution in [3.63, 3.8) is 0 Å². The zero-order chi connectivity index (χ0) is 51.5. The number of benzene rings is 11. The van der Waals surface area contributed by atoms with Crippen LogP contribution < -0.4 is 21.9 Å². The van der Waals surface area contributed by atoms with Crippen LogP contribution in [0.3, 0.4) is 0 Å². The molecular formula is C72H48B2N4. The Kier molecular flexibility index (Phi) is 7.54. The quantitative estimate of drug-likeness (QED) is 0.154. The van der Waals surface area contributed by atoms with Gasteiger partial charge in [0.15, 0.2) is 0 Å². The van der Waals surface area contributed by atoms with Gasteiger partial charge in [0, 0.05) is 87.7 Å². The van der Waals surface area contributed by atoms with E-state index in [2.05, 4.69) is 242 Å². The van der Waals surface area contributed by atoms with Crippen molar-refractivity contribution >= 4 is 123 Å². The molecule has 11 aromatic carbocycles. The summed E-state index contributed by atoms with van der Waals surface area (Å²) in [6, 6.07) is 71.1. The molecule has 6 heteroatoms. The Morgan fingerprint density at radius 1 is 0.295 bits per heavy atom. The molecule has 15 aromatic rings. The molecule has 0 atom stereocenters. The van der Waals surface area contributed by atoms with Crippen molar-refractivity contribution in [2.45, 2.75) is 41.5 Å². The summed E-state index contributed by atoms with van der Waals surface area (Å²) in [6.07, 6.45) is 0. The van der Waals surface area contributed by atoms with E-state index < -0.39 is 0 Å². The van der Waals surface area contributed by atoms with Crippen molar-refractivity contribution in [1.29, 1.82) is 0 Å². The fourth-order valence-corrected chi connectivity index (χ4v) is 16.8. The fourth-order valence-electron chi connectivity index (χ4n) is 16.8. The highest BCUT2D eigenvalue weighted by atomic mass is 15.1. The molecule has 0 radical (unpaired) electrons. The van der Waals surface area contributed by atoms with E-state index in [1.165, 1.54) is 198 Å². The highest BCUT2D eigenvalue weighted by Crippen LogP contribution is 2.51. The van der Waals surface area contributed by atoms with Crippen LogP contribution >= 0.6 is 0 Å². The minimum Gasteiger partial charge on any atom is -0.375 e. The van der Waals surface area contributed by atoms with Gasteiger partial charge in [-0.05, 0) is 161 Å². The Balaban J connectivity index is 1.05. The van der Waals surface area contributed by atoms with E-state index in [9.17, 15) is 0 Å². The second-order valence-electron chi connectivity index (χ2n) is 23.4. The van der Waals surface area contributed by atoms with Gasteiger partial charge in [-0.25, -0.2) is 0 Å². The molecule has 362 valence electrons. The maximum Gasteiger partial charge on any atom is 0.333 e. The number of nitrogens with zero attached hydrogens (tertiary/aromatic N) is 4. The van der Waals surface area contributed by atoms with Crippen molar-refractivity contribution in [3.8, 4) is 55.9 Å². The maximum absolute atomic E-state index is 2.75. The van der Waals surface area contributed by atoms with Gasteiger partial charge in [0.1, 0.15) is 0 Å². The molecule has 4 nitrogen and oxygen atoms in total. The Bertz CT molecular complexity index is 5040. The first kappa shape index (κ1) is 41.9. The maximum atomic E-state index is 2.75. The van der Waals surface area contributed by atoms with Gasteiger partial charge in [-0.15, -0.1) is 0 Å². The van der Waals surface area contributed by atoms with Gasteiger partial charge in [-0.2, -0.15) is 0 Å². The first-order valence-electron chi connectivity index (χ1n) is 27.8. The lowest BCUT2D eigenvalue weighted by molar-refractivity contribution is 1.13. The van der Waals surface area contributed by atoms with Crippen LogP contribution in [0.4, 0.5) is 0 Å². The minimum atomic E-state index is -0.111. The summed E-state index contributed by atoms with van der Waals surface area (Å²) in [6.45, 7) is 13.5. The third kappa shape index (κ3) is 4.74. The third-order valence-electron chi connectivity index (χ3n) is 19.2. The van der Waals surface area contributed by atoms with E-state index in [-0.39, 0.29) is 13.7 Å². The Hall–Kier alpha value is -9.25. The zero-order valence-electron chi connectivity index (χ0n) is 44.3. The predicted octanol–water partition coefficient (Wildman–Crippen LogP) is 15.2. The molecule has 0 unspecified atom stereocenters. The lowest BCUT2D eigenvalue weighted by Gasteiger charge is -2.38. The molecule has 8 heterocycles. The molecule has 0 amide bonds. The van der Waals surface area contributed by atoms with Crippen LogP contribution in [0.15, 0.2) is 182 Å². The van der Waals surface area contributed by atoms with Crippen molar-refractivity contribution < 1.29 is 0 Å². The van der Waals surface area contributed by atoms with Crippen LogP contribution in [-0.4, -0.2) is 31.8 Å². The smallest absolute Gasteiger partial charge is 0.333 e. The SMILES string of the molecule is Cc1cc(C)c(-c2cc3c4c5c2c2ccccc2n5-c2cc5c(cc2B4n2c4ccccc4c4cccc-3c42)B2c3c(cc(-c4c(C)cc(C)cc4C)c4c6ccccc6n-5c34)-c3cccc4c5ccccc5n2c34)c(C)c1. The van der Waals surface area contributed by atoms with Crippen molar-refractivity contribution in [2.24, 2.45) is 0 Å². The van der Waals surface area contributed by atoms with E-state index in [1.54, 1.807) is 0 Å². The standard InChI is InChI=1S/C72H48B2N4/c1-37-29-39(3)63(40(4)30-37)53-33-51-47-23-15-21-45-43-17-7-13-27-59(43)77(69(45)47)73-55-35-56-62(36-61(55)75-57-25-11-9-19-49(57)65(53)71(75)67(51)73)76-58-26-12-10-20-50(58)66-54(64-41(5)31-38(2)32-42(64)6)34-52-48-24-16-22-46-44-18-8-14-28-60(44)78(70(46)48)74(56)68(52)72(66)76/h7-36H,1-6H3. The largest absolute Gasteiger partial charge is 0.375 e. The number of aromatic nitrogens is 4. The molecule has 78 heavy (non-hydrogen) atoms. The van der Waals surface area contributed by atoms with Crippen molar-refractivity contribution in [2.75, 3.05) is 0 Å². The number of aryl methyl sites for hydroxylation is 6. The average Bonchev–Trinajstić information content (AvgIpc) is 3.63. The van der Waals surface area contributed by atoms with Gasteiger partial charge in [0.05, 0.1) is 22.1 Å². The van der Waals surface area contributed by atoms with Crippen molar-refractivity contribution in [3.05, 3.63) is 215 Å². The van der Waals surface area contributed by atoms with Crippen LogP contribution in [0.2, 0.25) is 0 Å². The molecule has 4 aliphatic rings. The fraction of sp³-hybridized carbons (Fsp3) is 0.0833. The first-order chi connectivity index (χ1) is 38.2. The van der Waals surface area contributed by atoms with Gasteiger partial charge >= 0.3 is 13.7 Å². The second kappa shape index (κ2) is 14.0. The minimum absolute atomic E-state index is 0.111. The molecule has 0 spiro atoms. The van der Waals surface area contributed by atoms with E-state index in [0.717, 1.165) is 0 Å². The molecule has 0 bridgehead atoms. The van der Waals surface area contributed by atoms with Gasteiger partial charge in [-0.1, -0.05) is 151 Å². The molecule has 0 saturated heterocycles. The lowest BCUT2D eigenvalue weighted by atomic mass is 9.41. The highest BCUT2D eigenvalue weighted by molar-refractivity contribution is 6.93. The van der Waals surface area contributed by atoms with Gasteiger partial charge < -0.3 is 18.1 Å². The van der Waals surface area contributed by atoms with E-state index in [0.29, 0.717) is 0 Å². The number of hydrogen-bond donors (Lipinski definition) is 0. The summed E-state index contributed by atoms with van der Waals surface area (Å²) < 4.78 is 10.9. The Morgan fingerprint density at radius 2 is 0.667 bits per heavy atom. The van der Waals surface area contributed by atoms with E-state index in [1.807, 2.05) is 0 Å². The monoisotopic (exact) mass is 990 g/mol. The molecule has 0 aliphatic carbocycles. The van der Waals surface area contributed by atoms with Crippen LogP contribution in [0.5, 0.6) is 0 Å². The molecule has 0 fully saturated rings. The molecule has 4 aliphatic heterocycles. The molecule has 0 saturated carbocycles. The first-order valence-corrected chi connectivity index (χ1v) is 27.8. The van der Waals surface area contributed by atoms with Gasteiger partial charge in [-0.3, -0.25) is 0 Å². The van der Waals surface area contributed by atoms with Crippen LogP contribution in [0.25, 0.3) is 143 Å². The number of fused-ring (bicyclic) bond motifs is 22. The summed E-state index contributed by atoms with van der Waals surface area (Å²) in [4.78, 5) is 0. The van der Waals surface area contributed by atoms with Gasteiger partial charge in [0.25, 0.3) is 0 Å². The van der Waals surface area contributed by atoms with Crippen LogP contribution in [0.1, 0.15) is 33.4 Å². The predicted molar refractivity (Wildman–Crippen MR) is 332 cm³/mol. The van der Waals surface area contributed by atoms with E-state index in [4.69, 9.17) is 0 Å². The Labute approximate surface area is 451 Å². The number of hydrogen-bond acceptors (Lipinski definition) is 0. The molecule has 0 N–H and O–H groups in total. The molecule has 4 aromatic heterocycles. The van der Waals surface area contributed by atoms with Crippen molar-refractivity contribution in [1.82, 2.24) is 18.1 Å². The second-order valence-corrected chi connectivity index (χ2v) is 23.4. The van der Waals surface area contributed by atoms with Crippen LogP contribution in [-0.2, 0) is 0 Å². The summed E-state index contributed by atoms with van der Waals surface area (Å²) in [7, 11) is 0. The normalized spacial score (nSPS) is 13.5. The summed E-state index contributed by atoms with van der Waals surface area (Å²) in [5.41, 5.74) is 36.7. The third-order valence-corrected chi connectivity index (χ3v) is 19.2. The number of rotatable bonds is 2. The molecular weight excluding hydrogens is 942 g/mol. The summed E-state index contributed by atoms with van der Waals surface area (Å²) in [5, 5.41) is 10.5. The molecule has 19 rings (SSSR count). The zero-order valence-corrected chi connectivity index (χ0v) is 44.3. The number of para-hydroxylation sites is 6. The summed E-state index contributed by atoms with van der Waals surface area (Å²) in [5.74, 6) is 0. The van der Waals surface area contributed by atoms with Gasteiger partial charge in [0.2, 0.25) is 0 Å². The Morgan fingerprint density at radius 3 is 1.09 bits per heavy atom. The van der Waals surface area contributed by atoms with Crippen LogP contribution in [0, 0.1) is 41.5 Å². The average molecular weight is 991 g/mol.